The van der Waals surface area contributed by atoms with Gasteiger partial charge in [-0.3, -0.25) is 14.3 Å². The van der Waals surface area contributed by atoms with Gasteiger partial charge in [-0.05, 0) is 80.9 Å². The minimum absolute atomic E-state index is 0.0555. The molecule has 4 aliphatic rings. The number of carbonyl (C=O) groups is 2. The maximum absolute atomic E-state index is 13.3. The van der Waals surface area contributed by atoms with Crippen LogP contribution in [0.25, 0.3) is 0 Å². The third-order valence-electron chi connectivity index (χ3n) is 7.51. The van der Waals surface area contributed by atoms with Gasteiger partial charge in [-0.25, -0.2) is 0 Å². The Kier molecular flexibility index (Phi) is 5.11. The molecule has 0 atom stereocenters. The summed E-state index contributed by atoms with van der Waals surface area (Å²) in [6.07, 6.45) is 9.15. The van der Waals surface area contributed by atoms with Crippen LogP contribution < -0.4 is 10.6 Å². The topological polar surface area (TPSA) is 76.0 Å². The van der Waals surface area contributed by atoms with E-state index < -0.39 is 0 Å². The second-order valence-corrected chi connectivity index (χ2v) is 10.0. The molecule has 164 valence electrons. The van der Waals surface area contributed by atoms with Gasteiger partial charge in [0.05, 0.1) is 16.9 Å². The van der Waals surface area contributed by atoms with E-state index in [0.29, 0.717) is 16.9 Å². The highest BCUT2D eigenvalue weighted by atomic mass is 16.2. The predicted molar refractivity (Wildman–Crippen MR) is 120 cm³/mol. The van der Waals surface area contributed by atoms with Gasteiger partial charge in [0, 0.05) is 12.6 Å². The number of aryl methyl sites for hydroxylation is 2. The number of hydrogen-bond donors (Lipinski definition) is 2. The zero-order valence-electron chi connectivity index (χ0n) is 18.5. The summed E-state index contributed by atoms with van der Waals surface area (Å²) in [7, 11) is 1.78. The van der Waals surface area contributed by atoms with E-state index in [0.717, 1.165) is 55.6 Å². The van der Waals surface area contributed by atoms with E-state index in [1.807, 2.05) is 18.2 Å². The Labute approximate surface area is 183 Å². The summed E-state index contributed by atoms with van der Waals surface area (Å²) in [5.74, 6) is 1.98. The number of para-hydroxylation sites is 1. The van der Waals surface area contributed by atoms with E-state index in [2.05, 4.69) is 22.7 Å². The summed E-state index contributed by atoms with van der Waals surface area (Å²) >= 11 is 0. The molecular formula is C25H32N4O2. The second kappa shape index (κ2) is 7.81. The molecule has 6 rings (SSSR count). The van der Waals surface area contributed by atoms with Crippen molar-refractivity contribution in [2.24, 2.45) is 24.8 Å². The maximum atomic E-state index is 13.3. The first kappa shape index (κ1) is 20.3. The zero-order chi connectivity index (χ0) is 21.6. The number of hydrogen-bond acceptors (Lipinski definition) is 3. The monoisotopic (exact) mass is 420 g/mol. The smallest absolute Gasteiger partial charge is 0.273 e. The number of anilines is 1. The average molecular weight is 421 g/mol. The molecule has 0 unspecified atom stereocenters. The van der Waals surface area contributed by atoms with Crippen LogP contribution in [-0.4, -0.2) is 27.1 Å². The third-order valence-corrected chi connectivity index (χ3v) is 7.51. The summed E-state index contributed by atoms with van der Waals surface area (Å²) in [6.45, 7) is 2.09. The Bertz CT molecular complexity index is 973. The van der Waals surface area contributed by atoms with Crippen molar-refractivity contribution in [2.75, 3.05) is 5.32 Å². The number of benzene rings is 1. The van der Waals surface area contributed by atoms with Gasteiger partial charge in [-0.1, -0.05) is 25.5 Å². The van der Waals surface area contributed by atoms with Crippen LogP contribution >= 0.6 is 0 Å². The minimum atomic E-state index is -0.243. The molecule has 2 N–H and O–H groups in total. The molecule has 1 aromatic carbocycles. The zero-order valence-corrected chi connectivity index (χ0v) is 18.5. The van der Waals surface area contributed by atoms with Crippen molar-refractivity contribution in [1.29, 1.82) is 0 Å². The molecule has 2 amide bonds. The van der Waals surface area contributed by atoms with E-state index in [9.17, 15) is 9.59 Å². The SMILES string of the molecule is CCCc1cc(C(=O)Nc2ccccc2C(=O)NC23CC4CC(CC(C4)C2)C3)n(C)n1. The Morgan fingerprint density at radius 1 is 1.06 bits per heavy atom. The fourth-order valence-electron chi connectivity index (χ4n) is 6.67. The summed E-state index contributed by atoms with van der Waals surface area (Å²) in [5, 5.41) is 10.8. The minimum Gasteiger partial charge on any atom is -0.347 e. The standard InChI is InChI=1S/C25H32N4O2/c1-3-6-19-12-22(29(2)28-19)24(31)26-21-8-5-4-7-20(21)23(30)27-25-13-16-9-17(14-25)11-18(10-16)15-25/h4-5,7-8,12,16-18H,3,6,9-11,13-15H2,1-2H3,(H,26,31)(H,27,30). The molecule has 31 heavy (non-hydrogen) atoms. The molecule has 4 aliphatic carbocycles. The van der Waals surface area contributed by atoms with E-state index in [1.165, 1.54) is 19.3 Å². The lowest BCUT2D eigenvalue weighted by Gasteiger charge is -2.56. The molecule has 6 heteroatoms. The van der Waals surface area contributed by atoms with E-state index >= 15 is 0 Å². The normalized spacial score (nSPS) is 28.5. The van der Waals surface area contributed by atoms with Crippen molar-refractivity contribution >= 4 is 17.5 Å². The molecule has 0 aliphatic heterocycles. The fraction of sp³-hybridized carbons (Fsp3) is 0.560. The van der Waals surface area contributed by atoms with Crippen molar-refractivity contribution in [1.82, 2.24) is 15.1 Å². The highest BCUT2D eigenvalue weighted by molar-refractivity contribution is 6.08. The molecule has 0 spiro atoms. The van der Waals surface area contributed by atoms with Gasteiger partial charge < -0.3 is 10.6 Å². The van der Waals surface area contributed by atoms with Crippen LogP contribution in [0, 0.1) is 17.8 Å². The molecule has 1 aromatic heterocycles. The molecule has 6 nitrogen and oxygen atoms in total. The number of aromatic nitrogens is 2. The van der Waals surface area contributed by atoms with Gasteiger partial charge >= 0.3 is 0 Å². The predicted octanol–water partition coefficient (Wildman–Crippen LogP) is 4.32. The lowest BCUT2D eigenvalue weighted by Crippen LogP contribution is -2.59. The van der Waals surface area contributed by atoms with Crippen LogP contribution in [0.3, 0.4) is 0 Å². The highest BCUT2D eigenvalue weighted by Crippen LogP contribution is 2.55. The molecule has 0 radical (unpaired) electrons. The van der Waals surface area contributed by atoms with Gasteiger partial charge in [0.25, 0.3) is 11.8 Å². The number of nitrogens with one attached hydrogen (secondary N) is 2. The van der Waals surface area contributed by atoms with Gasteiger partial charge in [-0.2, -0.15) is 5.10 Å². The largest absolute Gasteiger partial charge is 0.347 e. The summed E-state index contributed by atoms with van der Waals surface area (Å²) in [6, 6.07) is 9.14. The first-order valence-corrected chi connectivity index (χ1v) is 11.7. The molecular weight excluding hydrogens is 388 g/mol. The van der Waals surface area contributed by atoms with Crippen LogP contribution in [0.5, 0.6) is 0 Å². The molecule has 0 saturated heterocycles. The number of rotatable bonds is 6. The first-order valence-electron chi connectivity index (χ1n) is 11.7. The molecule has 2 aromatic rings. The van der Waals surface area contributed by atoms with Crippen molar-refractivity contribution in [3.05, 3.63) is 47.3 Å². The average Bonchev–Trinajstić information content (AvgIpc) is 3.07. The Balaban J connectivity index is 1.33. The van der Waals surface area contributed by atoms with Gasteiger partial charge in [-0.15, -0.1) is 0 Å². The van der Waals surface area contributed by atoms with E-state index in [4.69, 9.17) is 0 Å². The van der Waals surface area contributed by atoms with Gasteiger partial charge in [0.1, 0.15) is 5.69 Å². The third kappa shape index (κ3) is 3.88. The Hall–Kier alpha value is -2.63. The highest BCUT2D eigenvalue weighted by Gasteiger charge is 2.51. The van der Waals surface area contributed by atoms with E-state index in [-0.39, 0.29) is 17.4 Å². The molecule has 4 fully saturated rings. The second-order valence-electron chi connectivity index (χ2n) is 10.0. The van der Waals surface area contributed by atoms with Gasteiger partial charge in [0.2, 0.25) is 0 Å². The van der Waals surface area contributed by atoms with Crippen molar-refractivity contribution in [2.45, 2.75) is 63.8 Å². The number of amides is 2. The molecule has 1 heterocycles. The lowest BCUT2D eigenvalue weighted by molar-refractivity contribution is -0.0166. The van der Waals surface area contributed by atoms with Crippen molar-refractivity contribution in [3.8, 4) is 0 Å². The molecule has 4 saturated carbocycles. The summed E-state index contributed by atoms with van der Waals surface area (Å²) in [4.78, 5) is 26.3. The van der Waals surface area contributed by atoms with Crippen LogP contribution in [-0.2, 0) is 13.5 Å². The fourth-order valence-corrected chi connectivity index (χ4v) is 6.67. The lowest BCUT2D eigenvalue weighted by atomic mass is 9.53. The van der Waals surface area contributed by atoms with Crippen molar-refractivity contribution in [3.63, 3.8) is 0 Å². The van der Waals surface area contributed by atoms with Crippen LogP contribution in [0.1, 0.15) is 78.4 Å². The number of nitrogens with zero attached hydrogens (tertiary/aromatic N) is 2. The van der Waals surface area contributed by atoms with Crippen molar-refractivity contribution < 1.29 is 9.59 Å². The summed E-state index contributed by atoms with van der Waals surface area (Å²) in [5.41, 5.74) is 2.43. The quantitative estimate of drug-likeness (QED) is 0.731. The van der Waals surface area contributed by atoms with Crippen LogP contribution in [0.4, 0.5) is 5.69 Å². The van der Waals surface area contributed by atoms with Crippen LogP contribution in [0.2, 0.25) is 0 Å². The number of carbonyl (C=O) groups excluding carboxylic acids is 2. The van der Waals surface area contributed by atoms with E-state index in [1.54, 1.807) is 23.9 Å². The summed E-state index contributed by atoms with van der Waals surface area (Å²) < 4.78 is 1.61. The maximum Gasteiger partial charge on any atom is 0.273 e. The Morgan fingerprint density at radius 3 is 2.35 bits per heavy atom. The first-order chi connectivity index (χ1) is 14.9. The van der Waals surface area contributed by atoms with Gasteiger partial charge in [0.15, 0.2) is 0 Å². The molecule has 4 bridgehead atoms. The Morgan fingerprint density at radius 2 is 1.71 bits per heavy atom. The van der Waals surface area contributed by atoms with Crippen LogP contribution in [0.15, 0.2) is 30.3 Å².